The van der Waals surface area contributed by atoms with E-state index in [1.165, 1.54) is 17.0 Å². The summed E-state index contributed by atoms with van der Waals surface area (Å²) in [5.74, 6) is -0.471. The molecule has 1 aliphatic rings. The third-order valence-corrected chi connectivity index (χ3v) is 3.45. The number of benzene rings is 1. The summed E-state index contributed by atoms with van der Waals surface area (Å²) in [5, 5.41) is 9.87. The number of rotatable bonds is 4. The Morgan fingerprint density at radius 1 is 1.61 bits per heavy atom. The molecule has 1 aromatic carbocycles. The molecule has 0 heterocycles. The van der Waals surface area contributed by atoms with Gasteiger partial charge in [0, 0.05) is 13.6 Å². The lowest BCUT2D eigenvalue weighted by Crippen LogP contribution is -2.35. The van der Waals surface area contributed by atoms with E-state index in [-0.39, 0.29) is 23.0 Å². The number of carbonyl (C=O) groups excluding carboxylic acids is 1. The number of likely N-dealkylation sites (N-methyl/N-ethyl adjacent to an activating group) is 1. The Hall–Kier alpha value is -1.13. The lowest BCUT2D eigenvalue weighted by molar-refractivity contribution is 0.0645. The van der Waals surface area contributed by atoms with Crippen molar-refractivity contribution in [2.45, 2.75) is 18.9 Å². The van der Waals surface area contributed by atoms with Gasteiger partial charge in [0.1, 0.15) is 5.82 Å². The zero-order valence-electron chi connectivity index (χ0n) is 10.1. The average Bonchev–Trinajstić information content (AvgIpc) is 3.11. The van der Waals surface area contributed by atoms with Crippen LogP contribution in [0.4, 0.5) is 4.39 Å². The van der Waals surface area contributed by atoms with Crippen LogP contribution in [0.15, 0.2) is 18.2 Å². The summed E-state index contributed by atoms with van der Waals surface area (Å²) in [6.07, 6.45) is 1.54. The highest BCUT2D eigenvalue weighted by Crippen LogP contribution is 2.33. The number of hydrogen-bond donors (Lipinski definition) is 1. The summed E-state index contributed by atoms with van der Waals surface area (Å²) in [7, 11) is 1.60. The quantitative estimate of drug-likeness (QED) is 0.913. The smallest absolute Gasteiger partial charge is 0.255 e. The van der Waals surface area contributed by atoms with E-state index in [4.69, 9.17) is 11.6 Å². The second-order valence-corrected chi connectivity index (χ2v) is 5.12. The van der Waals surface area contributed by atoms with Gasteiger partial charge in [-0.3, -0.25) is 4.79 Å². The molecule has 98 valence electrons. The molecule has 0 saturated heterocycles. The van der Waals surface area contributed by atoms with Gasteiger partial charge in [-0.25, -0.2) is 4.39 Å². The van der Waals surface area contributed by atoms with Crippen LogP contribution in [0.2, 0.25) is 5.02 Å². The average molecular weight is 272 g/mol. The first-order valence-corrected chi connectivity index (χ1v) is 6.25. The summed E-state index contributed by atoms with van der Waals surface area (Å²) < 4.78 is 12.9. The first-order chi connectivity index (χ1) is 8.49. The molecule has 1 atom stereocenters. The largest absolute Gasteiger partial charge is 0.391 e. The van der Waals surface area contributed by atoms with Crippen molar-refractivity contribution in [3.63, 3.8) is 0 Å². The summed E-state index contributed by atoms with van der Waals surface area (Å²) in [6.45, 7) is 0.275. The maximum Gasteiger partial charge on any atom is 0.255 e. The van der Waals surface area contributed by atoms with Crippen LogP contribution in [-0.2, 0) is 0 Å². The Morgan fingerprint density at radius 2 is 2.28 bits per heavy atom. The molecule has 1 aliphatic carbocycles. The van der Waals surface area contributed by atoms with Gasteiger partial charge in [0.05, 0.1) is 16.7 Å². The summed E-state index contributed by atoms with van der Waals surface area (Å²) in [4.78, 5) is 13.5. The van der Waals surface area contributed by atoms with Crippen molar-refractivity contribution in [1.29, 1.82) is 0 Å². The van der Waals surface area contributed by atoms with Crippen molar-refractivity contribution in [3.05, 3.63) is 34.6 Å². The summed E-state index contributed by atoms with van der Waals surface area (Å²) in [6, 6.07) is 3.67. The van der Waals surface area contributed by atoms with Gasteiger partial charge in [0.25, 0.3) is 5.91 Å². The molecule has 2 rings (SSSR count). The van der Waals surface area contributed by atoms with E-state index < -0.39 is 11.9 Å². The Kier molecular flexibility index (Phi) is 3.88. The number of carbonyl (C=O) groups is 1. The van der Waals surface area contributed by atoms with Gasteiger partial charge in [-0.15, -0.1) is 0 Å². The van der Waals surface area contributed by atoms with E-state index in [9.17, 15) is 14.3 Å². The van der Waals surface area contributed by atoms with Gasteiger partial charge in [-0.2, -0.15) is 0 Å². The lowest BCUT2D eigenvalue weighted by atomic mass is 10.1. The highest BCUT2D eigenvalue weighted by molar-refractivity contribution is 6.33. The van der Waals surface area contributed by atoms with Crippen LogP contribution in [0.1, 0.15) is 23.2 Å². The standard InChI is InChI=1S/C13H15ClFNO2/c1-16(7-12(17)8-2-3-8)13(18)10-5-4-9(15)6-11(10)14/h4-6,8,12,17H,2-3,7H2,1H3. The third-order valence-electron chi connectivity index (χ3n) is 3.14. The molecule has 1 aromatic rings. The summed E-state index contributed by atoms with van der Waals surface area (Å²) >= 11 is 5.83. The molecule has 0 radical (unpaired) electrons. The number of nitrogens with zero attached hydrogens (tertiary/aromatic N) is 1. The SMILES string of the molecule is CN(CC(O)C1CC1)C(=O)c1ccc(F)cc1Cl. The number of hydrogen-bond acceptors (Lipinski definition) is 2. The van der Waals surface area contributed by atoms with Crippen molar-refractivity contribution in [2.75, 3.05) is 13.6 Å². The molecule has 3 nitrogen and oxygen atoms in total. The zero-order chi connectivity index (χ0) is 13.3. The van der Waals surface area contributed by atoms with E-state index >= 15 is 0 Å². The minimum absolute atomic E-state index is 0.0905. The van der Waals surface area contributed by atoms with E-state index in [2.05, 4.69) is 0 Å². The molecule has 0 bridgehead atoms. The highest BCUT2D eigenvalue weighted by Gasteiger charge is 2.31. The fraction of sp³-hybridized carbons (Fsp3) is 0.462. The third kappa shape index (κ3) is 3.00. The molecule has 1 amide bonds. The molecule has 0 aliphatic heterocycles. The Morgan fingerprint density at radius 3 is 2.83 bits per heavy atom. The predicted octanol–water partition coefficient (Wildman–Crippen LogP) is 2.32. The number of aliphatic hydroxyl groups is 1. The van der Waals surface area contributed by atoms with Crippen LogP contribution in [0, 0.1) is 11.7 Å². The number of aliphatic hydroxyl groups excluding tert-OH is 1. The molecule has 5 heteroatoms. The number of amides is 1. The summed E-state index contributed by atoms with van der Waals surface area (Å²) in [5.41, 5.74) is 0.253. The van der Waals surface area contributed by atoms with Crippen molar-refractivity contribution in [3.8, 4) is 0 Å². The molecule has 1 unspecified atom stereocenters. The van der Waals surface area contributed by atoms with Gasteiger partial charge >= 0.3 is 0 Å². The fourth-order valence-corrected chi connectivity index (χ4v) is 2.11. The fourth-order valence-electron chi connectivity index (χ4n) is 1.86. The van der Waals surface area contributed by atoms with E-state index in [0.717, 1.165) is 18.9 Å². The van der Waals surface area contributed by atoms with Crippen molar-refractivity contribution < 1.29 is 14.3 Å². The van der Waals surface area contributed by atoms with Crippen molar-refractivity contribution in [1.82, 2.24) is 4.90 Å². The van der Waals surface area contributed by atoms with E-state index in [1.807, 2.05) is 0 Å². The Labute approximate surface area is 110 Å². The normalized spacial score (nSPS) is 16.4. The van der Waals surface area contributed by atoms with Gasteiger partial charge in [0.15, 0.2) is 0 Å². The maximum atomic E-state index is 12.9. The van der Waals surface area contributed by atoms with E-state index in [0.29, 0.717) is 5.92 Å². The van der Waals surface area contributed by atoms with Crippen LogP contribution in [0.25, 0.3) is 0 Å². The van der Waals surface area contributed by atoms with Crippen LogP contribution >= 0.6 is 11.6 Å². The molecule has 18 heavy (non-hydrogen) atoms. The Bertz CT molecular complexity index is 462. The molecule has 0 aromatic heterocycles. The minimum atomic E-state index is -0.488. The molecular weight excluding hydrogens is 257 g/mol. The van der Waals surface area contributed by atoms with Gasteiger partial charge in [-0.1, -0.05) is 11.6 Å². The van der Waals surface area contributed by atoms with Gasteiger partial charge < -0.3 is 10.0 Å². The monoisotopic (exact) mass is 271 g/mol. The molecule has 1 N–H and O–H groups in total. The highest BCUT2D eigenvalue weighted by atomic mass is 35.5. The van der Waals surface area contributed by atoms with Gasteiger partial charge in [0.2, 0.25) is 0 Å². The number of halogens is 2. The maximum absolute atomic E-state index is 12.9. The van der Waals surface area contributed by atoms with Crippen molar-refractivity contribution in [2.24, 2.45) is 5.92 Å². The molecular formula is C13H15ClFNO2. The molecule has 1 fully saturated rings. The van der Waals surface area contributed by atoms with Crippen LogP contribution in [0.5, 0.6) is 0 Å². The predicted molar refractivity (Wildman–Crippen MR) is 67.1 cm³/mol. The second kappa shape index (κ2) is 5.24. The Balaban J connectivity index is 2.04. The topological polar surface area (TPSA) is 40.5 Å². The van der Waals surface area contributed by atoms with E-state index in [1.54, 1.807) is 7.05 Å². The first kappa shape index (κ1) is 13.3. The second-order valence-electron chi connectivity index (χ2n) is 4.71. The van der Waals surface area contributed by atoms with Crippen LogP contribution in [-0.4, -0.2) is 35.6 Å². The molecule has 0 spiro atoms. The minimum Gasteiger partial charge on any atom is -0.391 e. The lowest BCUT2D eigenvalue weighted by Gasteiger charge is -2.21. The van der Waals surface area contributed by atoms with Crippen molar-refractivity contribution >= 4 is 17.5 Å². The molecule has 1 saturated carbocycles. The first-order valence-electron chi connectivity index (χ1n) is 5.87. The zero-order valence-corrected chi connectivity index (χ0v) is 10.8. The van der Waals surface area contributed by atoms with Crippen LogP contribution < -0.4 is 0 Å². The van der Waals surface area contributed by atoms with Crippen LogP contribution in [0.3, 0.4) is 0 Å². The van der Waals surface area contributed by atoms with Gasteiger partial charge in [-0.05, 0) is 37.0 Å².